The van der Waals surface area contributed by atoms with Crippen LogP contribution in [0.15, 0.2) is 5.16 Å². The SMILES string of the molecule is O=C(O)C1=NOC(C(=O)NCC2CCCCC2)C1. The number of nitrogens with one attached hydrogen (secondary N) is 1. The molecule has 0 saturated heterocycles. The number of carbonyl (C=O) groups excluding carboxylic acids is 1. The van der Waals surface area contributed by atoms with Crippen molar-refractivity contribution >= 4 is 17.6 Å². The second kappa shape index (κ2) is 5.84. The van der Waals surface area contributed by atoms with E-state index in [1.54, 1.807) is 0 Å². The maximum absolute atomic E-state index is 11.8. The lowest BCUT2D eigenvalue weighted by atomic mass is 9.89. The average Bonchev–Trinajstić information content (AvgIpc) is 2.87. The zero-order valence-electron chi connectivity index (χ0n) is 10.2. The Balaban J connectivity index is 1.71. The van der Waals surface area contributed by atoms with Crippen molar-refractivity contribution in [1.29, 1.82) is 0 Å². The van der Waals surface area contributed by atoms with Gasteiger partial charge in [0.25, 0.3) is 5.91 Å². The fourth-order valence-corrected chi connectivity index (χ4v) is 2.39. The molecule has 1 amide bonds. The molecule has 0 radical (unpaired) electrons. The van der Waals surface area contributed by atoms with Crippen molar-refractivity contribution in [2.24, 2.45) is 11.1 Å². The number of carboxylic acids is 1. The lowest BCUT2D eigenvalue weighted by molar-refractivity contribution is -0.131. The molecule has 2 aliphatic rings. The predicted octanol–water partition coefficient (Wildman–Crippen LogP) is 0.912. The Hall–Kier alpha value is -1.59. The van der Waals surface area contributed by atoms with Gasteiger partial charge in [-0.1, -0.05) is 24.4 Å². The summed E-state index contributed by atoms with van der Waals surface area (Å²) in [5.41, 5.74) is -0.0900. The Morgan fingerprint density at radius 2 is 2.06 bits per heavy atom. The third-order valence-corrected chi connectivity index (χ3v) is 3.50. The Labute approximate surface area is 105 Å². The van der Waals surface area contributed by atoms with Gasteiger partial charge in [-0.15, -0.1) is 0 Å². The largest absolute Gasteiger partial charge is 0.477 e. The van der Waals surface area contributed by atoms with Gasteiger partial charge in [0, 0.05) is 13.0 Å². The molecule has 1 aliphatic heterocycles. The molecule has 2 N–H and O–H groups in total. The molecule has 6 heteroatoms. The van der Waals surface area contributed by atoms with E-state index in [9.17, 15) is 9.59 Å². The molecule has 100 valence electrons. The molecule has 1 atom stereocenters. The first-order valence-corrected chi connectivity index (χ1v) is 6.40. The number of nitrogens with zero attached hydrogens (tertiary/aromatic N) is 1. The number of hydrogen-bond donors (Lipinski definition) is 2. The fourth-order valence-electron chi connectivity index (χ4n) is 2.39. The summed E-state index contributed by atoms with van der Waals surface area (Å²) < 4.78 is 0. The van der Waals surface area contributed by atoms with Crippen LogP contribution in [-0.2, 0) is 14.4 Å². The molecule has 0 bridgehead atoms. The van der Waals surface area contributed by atoms with Crippen molar-refractivity contribution in [3.05, 3.63) is 0 Å². The highest BCUT2D eigenvalue weighted by Crippen LogP contribution is 2.22. The molecule has 1 heterocycles. The van der Waals surface area contributed by atoms with Crippen LogP contribution in [0.1, 0.15) is 38.5 Å². The topological polar surface area (TPSA) is 88.0 Å². The molecule has 0 spiro atoms. The van der Waals surface area contributed by atoms with Crippen LogP contribution in [0.2, 0.25) is 0 Å². The van der Waals surface area contributed by atoms with Crippen molar-refractivity contribution in [3.8, 4) is 0 Å². The number of hydrogen-bond acceptors (Lipinski definition) is 4. The molecular formula is C12H18N2O4. The monoisotopic (exact) mass is 254 g/mol. The first-order chi connectivity index (χ1) is 8.66. The van der Waals surface area contributed by atoms with Gasteiger partial charge in [-0.2, -0.15) is 0 Å². The van der Waals surface area contributed by atoms with E-state index in [2.05, 4.69) is 10.5 Å². The second-order valence-corrected chi connectivity index (χ2v) is 4.89. The summed E-state index contributed by atoms with van der Waals surface area (Å²) in [6.45, 7) is 0.654. The molecule has 18 heavy (non-hydrogen) atoms. The molecule has 2 rings (SSSR count). The van der Waals surface area contributed by atoms with Gasteiger partial charge >= 0.3 is 5.97 Å². The third kappa shape index (κ3) is 3.21. The van der Waals surface area contributed by atoms with Gasteiger partial charge in [-0.3, -0.25) is 4.79 Å². The zero-order chi connectivity index (χ0) is 13.0. The maximum Gasteiger partial charge on any atom is 0.353 e. The maximum atomic E-state index is 11.8. The third-order valence-electron chi connectivity index (χ3n) is 3.50. The number of aliphatic carboxylic acids is 1. The summed E-state index contributed by atoms with van der Waals surface area (Å²) in [6.07, 6.45) is 5.32. The van der Waals surface area contributed by atoms with E-state index < -0.39 is 12.1 Å². The van der Waals surface area contributed by atoms with Crippen molar-refractivity contribution in [3.63, 3.8) is 0 Å². The molecule has 6 nitrogen and oxygen atoms in total. The van der Waals surface area contributed by atoms with Crippen LogP contribution >= 0.6 is 0 Å². The fraction of sp³-hybridized carbons (Fsp3) is 0.750. The Morgan fingerprint density at radius 1 is 1.33 bits per heavy atom. The van der Waals surface area contributed by atoms with E-state index in [0.29, 0.717) is 12.5 Å². The molecule has 0 aromatic carbocycles. The van der Waals surface area contributed by atoms with Crippen LogP contribution in [0.25, 0.3) is 0 Å². The van der Waals surface area contributed by atoms with Gasteiger partial charge in [0.05, 0.1) is 0 Å². The second-order valence-electron chi connectivity index (χ2n) is 4.89. The van der Waals surface area contributed by atoms with Crippen LogP contribution in [0.3, 0.4) is 0 Å². The summed E-state index contributed by atoms with van der Waals surface area (Å²) in [5.74, 6) is -0.845. The van der Waals surface area contributed by atoms with Crippen molar-refractivity contribution in [2.75, 3.05) is 6.54 Å². The summed E-state index contributed by atoms with van der Waals surface area (Å²) in [5, 5.41) is 14.9. The van der Waals surface area contributed by atoms with Crippen molar-refractivity contribution in [2.45, 2.75) is 44.6 Å². The van der Waals surface area contributed by atoms with Gasteiger partial charge in [0.15, 0.2) is 5.71 Å². The lowest BCUT2D eigenvalue weighted by Crippen LogP contribution is -2.38. The number of rotatable bonds is 4. The van der Waals surface area contributed by atoms with E-state index in [1.807, 2.05) is 0 Å². The summed E-state index contributed by atoms with van der Waals surface area (Å²) in [6, 6.07) is 0. The summed E-state index contributed by atoms with van der Waals surface area (Å²) >= 11 is 0. The number of amides is 1. The van der Waals surface area contributed by atoms with E-state index in [1.165, 1.54) is 19.3 Å². The lowest BCUT2D eigenvalue weighted by Gasteiger charge is -2.22. The first kappa shape index (κ1) is 12.9. The Kier molecular flexibility index (Phi) is 4.17. The van der Waals surface area contributed by atoms with Gasteiger partial charge in [0.2, 0.25) is 6.10 Å². The Bertz CT molecular complexity index is 361. The number of carboxylic acid groups (broad SMARTS) is 1. The quantitative estimate of drug-likeness (QED) is 0.780. The average molecular weight is 254 g/mol. The molecule has 1 aliphatic carbocycles. The summed E-state index contributed by atoms with van der Waals surface area (Å²) in [7, 11) is 0. The minimum atomic E-state index is -1.13. The van der Waals surface area contributed by atoms with E-state index in [4.69, 9.17) is 9.94 Å². The minimum Gasteiger partial charge on any atom is -0.477 e. The van der Waals surface area contributed by atoms with Gasteiger partial charge in [-0.05, 0) is 18.8 Å². The Morgan fingerprint density at radius 3 is 2.67 bits per heavy atom. The van der Waals surface area contributed by atoms with E-state index in [-0.39, 0.29) is 18.0 Å². The van der Waals surface area contributed by atoms with Crippen LogP contribution in [-0.4, -0.2) is 35.3 Å². The van der Waals surface area contributed by atoms with Crippen LogP contribution in [0.4, 0.5) is 0 Å². The highest BCUT2D eigenvalue weighted by atomic mass is 16.6. The summed E-state index contributed by atoms with van der Waals surface area (Å²) in [4.78, 5) is 27.2. The van der Waals surface area contributed by atoms with E-state index >= 15 is 0 Å². The number of oxime groups is 1. The van der Waals surface area contributed by atoms with Crippen LogP contribution in [0.5, 0.6) is 0 Å². The standard InChI is InChI=1S/C12H18N2O4/c15-11(10-6-9(12(16)17)14-18-10)13-7-8-4-2-1-3-5-8/h8,10H,1-7H2,(H,13,15)(H,16,17). The molecule has 1 unspecified atom stereocenters. The van der Waals surface area contributed by atoms with Gasteiger partial charge in [0.1, 0.15) is 0 Å². The van der Waals surface area contributed by atoms with Crippen molar-refractivity contribution < 1.29 is 19.5 Å². The van der Waals surface area contributed by atoms with Gasteiger partial charge in [-0.25, -0.2) is 4.79 Å². The molecule has 1 fully saturated rings. The normalized spacial score (nSPS) is 24.2. The zero-order valence-corrected chi connectivity index (χ0v) is 10.2. The van der Waals surface area contributed by atoms with Crippen molar-refractivity contribution in [1.82, 2.24) is 5.32 Å². The smallest absolute Gasteiger partial charge is 0.353 e. The predicted molar refractivity (Wildman–Crippen MR) is 64.1 cm³/mol. The molecule has 0 aromatic rings. The van der Waals surface area contributed by atoms with Crippen LogP contribution < -0.4 is 5.32 Å². The van der Waals surface area contributed by atoms with Gasteiger partial charge < -0.3 is 15.3 Å². The van der Waals surface area contributed by atoms with E-state index in [0.717, 1.165) is 12.8 Å². The minimum absolute atomic E-state index is 0.0475. The molecule has 1 saturated carbocycles. The highest BCUT2D eigenvalue weighted by Gasteiger charge is 2.31. The highest BCUT2D eigenvalue weighted by molar-refractivity contribution is 6.36. The number of carbonyl (C=O) groups is 2. The molecule has 0 aromatic heterocycles. The van der Waals surface area contributed by atoms with Crippen LogP contribution in [0, 0.1) is 5.92 Å². The first-order valence-electron chi connectivity index (χ1n) is 6.40. The molecular weight excluding hydrogens is 236 g/mol.